The SMILES string of the molecule is CCC(c1nc2cc(Cl)ccc2c(=O)n1Nc1ccccc1)N(CCCN)C(=O)c1ccc(F)c(F)c1F. The summed E-state index contributed by atoms with van der Waals surface area (Å²) in [5, 5.41) is 0.639. The smallest absolute Gasteiger partial charge is 0.280 e. The van der Waals surface area contributed by atoms with E-state index in [9.17, 15) is 22.8 Å². The van der Waals surface area contributed by atoms with Crippen LogP contribution in [0.25, 0.3) is 10.9 Å². The molecule has 3 N–H and O–H groups in total. The zero-order valence-electron chi connectivity index (χ0n) is 20.4. The first-order valence-corrected chi connectivity index (χ1v) is 12.3. The Labute approximate surface area is 221 Å². The van der Waals surface area contributed by atoms with Crippen molar-refractivity contribution >= 4 is 34.1 Å². The number of fused-ring (bicyclic) bond motifs is 1. The first-order valence-electron chi connectivity index (χ1n) is 12.0. The first kappa shape index (κ1) is 27.2. The quantitative estimate of drug-likeness (QED) is 0.280. The fourth-order valence-electron chi connectivity index (χ4n) is 4.20. The number of benzene rings is 3. The summed E-state index contributed by atoms with van der Waals surface area (Å²) in [7, 11) is 0. The zero-order valence-corrected chi connectivity index (χ0v) is 21.2. The number of carbonyl (C=O) groups is 1. The molecule has 1 unspecified atom stereocenters. The summed E-state index contributed by atoms with van der Waals surface area (Å²) in [6.07, 6.45) is 0.569. The van der Waals surface area contributed by atoms with Crippen molar-refractivity contribution < 1.29 is 18.0 Å². The number of para-hydroxylation sites is 1. The lowest BCUT2D eigenvalue weighted by Crippen LogP contribution is -2.41. The zero-order chi connectivity index (χ0) is 27.4. The second kappa shape index (κ2) is 11.7. The fourth-order valence-corrected chi connectivity index (χ4v) is 4.36. The van der Waals surface area contributed by atoms with Crippen molar-refractivity contribution in [1.29, 1.82) is 0 Å². The normalized spacial score (nSPS) is 11.9. The average Bonchev–Trinajstić information content (AvgIpc) is 2.91. The van der Waals surface area contributed by atoms with E-state index in [1.165, 1.54) is 15.6 Å². The Kier molecular flexibility index (Phi) is 8.33. The van der Waals surface area contributed by atoms with Gasteiger partial charge >= 0.3 is 0 Å². The number of halogens is 4. The molecule has 3 aromatic carbocycles. The molecule has 0 saturated carbocycles. The number of nitrogens with zero attached hydrogens (tertiary/aromatic N) is 3. The molecule has 0 bridgehead atoms. The van der Waals surface area contributed by atoms with Crippen molar-refractivity contribution in [3.05, 3.63) is 105 Å². The molecule has 0 aliphatic heterocycles. The molecular formula is C27H25ClF3N5O2. The molecule has 4 rings (SSSR count). The third-order valence-electron chi connectivity index (χ3n) is 6.06. The van der Waals surface area contributed by atoms with E-state index in [0.29, 0.717) is 28.7 Å². The molecule has 0 aliphatic rings. The predicted molar refractivity (Wildman–Crippen MR) is 141 cm³/mol. The Hall–Kier alpha value is -3.89. The van der Waals surface area contributed by atoms with Crippen LogP contribution in [0.2, 0.25) is 5.02 Å². The van der Waals surface area contributed by atoms with Crippen LogP contribution in [-0.2, 0) is 0 Å². The number of rotatable bonds is 9. The summed E-state index contributed by atoms with van der Waals surface area (Å²) >= 11 is 6.16. The minimum absolute atomic E-state index is 0.0427. The lowest BCUT2D eigenvalue weighted by atomic mass is 10.1. The van der Waals surface area contributed by atoms with E-state index < -0.39 is 40.5 Å². The minimum Gasteiger partial charge on any atom is -0.330 e. The molecule has 1 atom stereocenters. The van der Waals surface area contributed by atoms with Gasteiger partial charge in [0.1, 0.15) is 0 Å². The molecule has 1 amide bonds. The van der Waals surface area contributed by atoms with Crippen LogP contribution in [0.4, 0.5) is 18.9 Å². The average molecular weight is 544 g/mol. The van der Waals surface area contributed by atoms with Crippen molar-refractivity contribution in [1.82, 2.24) is 14.6 Å². The number of nitrogens with two attached hydrogens (primary N) is 1. The summed E-state index contributed by atoms with van der Waals surface area (Å²) < 4.78 is 43.5. The number of hydrogen-bond donors (Lipinski definition) is 2. The van der Waals surface area contributed by atoms with Crippen molar-refractivity contribution in [3.8, 4) is 0 Å². The Morgan fingerprint density at radius 1 is 1.11 bits per heavy atom. The molecule has 0 fully saturated rings. The lowest BCUT2D eigenvalue weighted by Gasteiger charge is -2.32. The van der Waals surface area contributed by atoms with Crippen LogP contribution >= 0.6 is 11.6 Å². The lowest BCUT2D eigenvalue weighted by molar-refractivity contribution is 0.0651. The number of hydrogen-bond acceptors (Lipinski definition) is 5. The molecule has 0 saturated heterocycles. The van der Waals surface area contributed by atoms with Crippen molar-refractivity contribution in [2.24, 2.45) is 5.73 Å². The predicted octanol–water partition coefficient (Wildman–Crippen LogP) is 5.28. The highest BCUT2D eigenvalue weighted by Gasteiger charge is 2.31. The van der Waals surface area contributed by atoms with Gasteiger partial charge in [0.25, 0.3) is 11.5 Å². The molecule has 1 aromatic heterocycles. The van der Waals surface area contributed by atoms with E-state index in [4.69, 9.17) is 17.3 Å². The monoisotopic (exact) mass is 543 g/mol. The van der Waals surface area contributed by atoms with Crippen molar-refractivity contribution in [2.75, 3.05) is 18.5 Å². The van der Waals surface area contributed by atoms with Crippen LogP contribution in [0.5, 0.6) is 0 Å². The van der Waals surface area contributed by atoms with Crippen LogP contribution in [0, 0.1) is 17.5 Å². The maximum atomic E-state index is 14.7. The summed E-state index contributed by atoms with van der Waals surface area (Å²) in [5.41, 5.74) is 8.52. The molecule has 198 valence electrons. The Balaban J connectivity index is 1.92. The summed E-state index contributed by atoms with van der Waals surface area (Å²) in [5.74, 6) is -5.50. The highest BCUT2D eigenvalue weighted by atomic mass is 35.5. The van der Waals surface area contributed by atoms with Gasteiger partial charge in [0, 0.05) is 11.6 Å². The molecule has 0 spiro atoms. The number of anilines is 1. The highest BCUT2D eigenvalue weighted by Crippen LogP contribution is 2.28. The summed E-state index contributed by atoms with van der Waals surface area (Å²) in [6.45, 7) is 2.01. The van der Waals surface area contributed by atoms with Gasteiger partial charge in [-0.25, -0.2) is 22.8 Å². The highest BCUT2D eigenvalue weighted by molar-refractivity contribution is 6.31. The number of nitrogens with one attached hydrogen (secondary N) is 1. The fraction of sp³-hybridized carbons (Fsp3) is 0.222. The first-order chi connectivity index (χ1) is 18.3. The molecule has 4 aromatic rings. The topological polar surface area (TPSA) is 93.2 Å². The third-order valence-corrected chi connectivity index (χ3v) is 6.30. The standard InChI is InChI=1S/C27H25ClF3N5O2/c1-2-22(35(14-6-13-32)26(37)19-11-12-20(29)24(31)23(19)30)25-33-21-15-16(28)9-10-18(21)27(38)36(25)34-17-7-4-3-5-8-17/h3-5,7-12,15,22,34H,2,6,13-14,32H2,1H3. The molecule has 0 radical (unpaired) electrons. The maximum Gasteiger partial charge on any atom is 0.280 e. The van der Waals surface area contributed by atoms with Gasteiger partial charge in [-0.15, -0.1) is 0 Å². The van der Waals surface area contributed by atoms with Crippen LogP contribution in [0.3, 0.4) is 0 Å². The summed E-state index contributed by atoms with van der Waals surface area (Å²) in [6, 6.07) is 14.2. The summed E-state index contributed by atoms with van der Waals surface area (Å²) in [4.78, 5) is 33.2. The van der Waals surface area contributed by atoms with Crippen molar-refractivity contribution in [3.63, 3.8) is 0 Å². The molecule has 7 nitrogen and oxygen atoms in total. The van der Waals surface area contributed by atoms with E-state index in [1.807, 2.05) is 6.07 Å². The Morgan fingerprint density at radius 2 is 1.84 bits per heavy atom. The molecule has 38 heavy (non-hydrogen) atoms. The van der Waals surface area contributed by atoms with E-state index in [-0.39, 0.29) is 30.7 Å². The van der Waals surface area contributed by atoms with Gasteiger partial charge in [-0.2, -0.15) is 0 Å². The van der Waals surface area contributed by atoms with Crippen LogP contribution in [-0.4, -0.2) is 33.6 Å². The third kappa shape index (κ3) is 5.36. The molecule has 11 heteroatoms. The van der Waals surface area contributed by atoms with E-state index >= 15 is 0 Å². The number of carbonyl (C=O) groups excluding carboxylic acids is 1. The van der Waals surface area contributed by atoms with Gasteiger partial charge < -0.3 is 10.6 Å². The van der Waals surface area contributed by atoms with E-state index in [2.05, 4.69) is 10.4 Å². The van der Waals surface area contributed by atoms with Crippen molar-refractivity contribution in [2.45, 2.75) is 25.8 Å². The van der Waals surface area contributed by atoms with E-state index in [1.54, 1.807) is 43.3 Å². The minimum atomic E-state index is -1.75. The van der Waals surface area contributed by atoms with E-state index in [0.717, 1.165) is 6.07 Å². The number of aromatic nitrogens is 2. The Morgan fingerprint density at radius 3 is 2.53 bits per heavy atom. The number of amides is 1. The molecule has 0 aliphatic carbocycles. The largest absolute Gasteiger partial charge is 0.330 e. The van der Waals surface area contributed by atoms with Gasteiger partial charge in [-0.3, -0.25) is 15.0 Å². The van der Waals surface area contributed by atoms with Gasteiger partial charge in [-0.05, 0) is 61.9 Å². The van der Waals surface area contributed by atoms with Gasteiger partial charge in [0.05, 0.1) is 28.2 Å². The van der Waals surface area contributed by atoms with Gasteiger partial charge in [0.15, 0.2) is 23.3 Å². The second-order valence-corrected chi connectivity index (χ2v) is 8.97. The van der Waals surface area contributed by atoms with Gasteiger partial charge in [0.2, 0.25) is 0 Å². The van der Waals surface area contributed by atoms with Crippen LogP contribution < -0.4 is 16.7 Å². The maximum absolute atomic E-state index is 14.7. The second-order valence-electron chi connectivity index (χ2n) is 8.54. The molecular weight excluding hydrogens is 519 g/mol. The van der Waals surface area contributed by atoms with Gasteiger partial charge in [-0.1, -0.05) is 36.7 Å². The van der Waals surface area contributed by atoms with Crippen LogP contribution in [0.1, 0.15) is 42.0 Å². The van der Waals surface area contributed by atoms with Crippen LogP contribution in [0.15, 0.2) is 65.5 Å². The Bertz CT molecular complexity index is 1530. The molecule has 1 heterocycles.